The summed E-state index contributed by atoms with van der Waals surface area (Å²) in [6.07, 6.45) is 1.76. The topological polar surface area (TPSA) is 50.7 Å². The van der Waals surface area contributed by atoms with Crippen LogP contribution in [-0.2, 0) is 6.54 Å². The van der Waals surface area contributed by atoms with Gasteiger partial charge in [0.15, 0.2) is 0 Å². The molecule has 0 aliphatic heterocycles. The molecule has 0 saturated carbocycles. The van der Waals surface area contributed by atoms with Gasteiger partial charge in [-0.15, -0.1) is 0 Å². The van der Waals surface area contributed by atoms with Gasteiger partial charge in [0.25, 0.3) is 5.56 Å². The normalized spacial score (nSPS) is 10.9. The molecule has 0 saturated heterocycles. The molecule has 0 bridgehead atoms. The van der Waals surface area contributed by atoms with Gasteiger partial charge in [-0.05, 0) is 30.7 Å². The molecule has 4 nitrogen and oxygen atoms in total. The van der Waals surface area contributed by atoms with Crippen molar-refractivity contribution in [1.82, 2.24) is 14.8 Å². The third-order valence-corrected chi connectivity index (χ3v) is 3.10. The first-order valence-electron chi connectivity index (χ1n) is 5.84. The summed E-state index contributed by atoms with van der Waals surface area (Å²) < 4.78 is 1.62. The molecule has 0 spiro atoms. The smallest absolute Gasteiger partial charge is 0.274 e. The van der Waals surface area contributed by atoms with Crippen LogP contribution < -0.4 is 5.56 Å². The van der Waals surface area contributed by atoms with Gasteiger partial charge in [-0.25, -0.2) is 4.68 Å². The average Bonchev–Trinajstić information content (AvgIpc) is 2.70. The maximum absolute atomic E-state index is 12.2. The Kier molecular flexibility index (Phi) is 2.48. The van der Waals surface area contributed by atoms with Crippen LogP contribution in [-0.4, -0.2) is 14.8 Å². The van der Waals surface area contributed by atoms with Gasteiger partial charge < -0.3 is 0 Å². The average molecular weight is 239 g/mol. The largest absolute Gasteiger partial charge is 0.295 e. The van der Waals surface area contributed by atoms with E-state index in [4.69, 9.17) is 0 Å². The summed E-state index contributed by atoms with van der Waals surface area (Å²) in [6, 6.07) is 11.4. The predicted molar refractivity (Wildman–Crippen MR) is 70.6 cm³/mol. The van der Waals surface area contributed by atoms with Crippen LogP contribution in [0.5, 0.6) is 0 Å². The zero-order valence-electron chi connectivity index (χ0n) is 10.1. The lowest BCUT2D eigenvalue weighted by molar-refractivity contribution is 0.667. The quantitative estimate of drug-likeness (QED) is 0.744. The molecule has 0 fully saturated rings. The molecule has 3 rings (SSSR count). The number of H-pyrrole nitrogens is 1. The minimum atomic E-state index is 0.00820. The van der Waals surface area contributed by atoms with Crippen LogP contribution in [0, 0.1) is 6.92 Å². The Bertz CT molecular complexity index is 755. The molecule has 2 heterocycles. The van der Waals surface area contributed by atoms with Crippen molar-refractivity contribution in [1.29, 1.82) is 0 Å². The molecule has 1 aromatic carbocycles. The molecule has 0 amide bonds. The zero-order valence-corrected chi connectivity index (χ0v) is 10.1. The van der Waals surface area contributed by atoms with Gasteiger partial charge in [0.1, 0.15) is 0 Å². The number of aryl methyl sites for hydroxylation is 1. The van der Waals surface area contributed by atoms with Crippen LogP contribution in [0.2, 0.25) is 0 Å². The van der Waals surface area contributed by atoms with Crippen LogP contribution >= 0.6 is 0 Å². The Labute approximate surface area is 104 Å². The van der Waals surface area contributed by atoms with Gasteiger partial charge in [0, 0.05) is 11.9 Å². The molecule has 0 unspecified atom stereocenters. The summed E-state index contributed by atoms with van der Waals surface area (Å²) in [6.45, 7) is 2.47. The number of aromatic nitrogens is 3. The third kappa shape index (κ3) is 1.72. The van der Waals surface area contributed by atoms with E-state index < -0.39 is 0 Å². The number of nitrogens with zero attached hydrogens (tertiary/aromatic N) is 2. The van der Waals surface area contributed by atoms with Crippen LogP contribution in [0.25, 0.3) is 10.9 Å². The third-order valence-electron chi connectivity index (χ3n) is 3.10. The number of nitrogens with one attached hydrogen (secondary N) is 1. The standard InChI is InChI=1S/C14H13N3O/c1-10-11(5-4-8-15-10)9-17-14(18)12-6-2-3-7-13(12)16-17/h2-8,16H,9H2,1H3. The van der Waals surface area contributed by atoms with E-state index in [-0.39, 0.29) is 5.56 Å². The monoisotopic (exact) mass is 239 g/mol. The highest BCUT2D eigenvalue weighted by Crippen LogP contribution is 2.09. The van der Waals surface area contributed by atoms with Gasteiger partial charge in [-0.3, -0.25) is 14.9 Å². The summed E-state index contributed by atoms with van der Waals surface area (Å²) in [5.41, 5.74) is 2.87. The Morgan fingerprint density at radius 3 is 2.83 bits per heavy atom. The zero-order chi connectivity index (χ0) is 12.5. The minimum absolute atomic E-state index is 0.00820. The van der Waals surface area contributed by atoms with E-state index in [0.29, 0.717) is 6.54 Å². The van der Waals surface area contributed by atoms with E-state index in [0.717, 1.165) is 22.2 Å². The molecule has 18 heavy (non-hydrogen) atoms. The number of fused-ring (bicyclic) bond motifs is 1. The van der Waals surface area contributed by atoms with E-state index in [1.807, 2.05) is 43.3 Å². The first-order valence-corrected chi connectivity index (χ1v) is 5.84. The number of pyridine rings is 1. The van der Waals surface area contributed by atoms with Gasteiger partial charge in [-0.2, -0.15) is 0 Å². The van der Waals surface area contributed by atoms with Crippen molar-refractivity contribution in [3.05, 3.63) is 64.2 Å². The summed E-state index contributed by atoms with van der Waals surface area (Å²) in [5.74, 6) is 0. The maximum Gasteiger partial charge on any atom is 0.274 e. The van der Waals surface area contributed by atoms with Crippen LogP contribution in [0.15, 0.2) is 47.4 Å². The van der Waals surface area contributed by atoms with Crippen LogP contribution in [0.4, 0.5) is 0 Å². The molecule has 0 radical (unpaired) electrons. The van der Waals surface area contributed by atoms with E-state index >= 15 is 0 Å². The minimum Gasteiger partial charge on any atom is -0.295 e. The molecular formula is C14H13N3O. The molecule has 0 atom stereocenters. The summed E-state index contributed by atoms with van der Waals surface area (Å²) in [5, 5.41) is 3.84. The molecule has 1 N–H and O–H groups in total. The fraction of sp³-hybridized carbons (Fsp3) is 0.143. The second kappa shape index (κ2) is 4.14. The summed E-state index contributed by atoms with van der Waals surface area (Å²) >= 11 is 0. The van der Waals surface area contributed by atoms with Crippen molar-refractivity contribution in [3.8, 4) is 0 Å². The van der Waals surface area contributed by atoms with Crippen LogP contribution in [0.3, 0.4) is 0 Å². The van der Waals surface area contributed by atoms with Gasteiger partial charge in [0.2, 0.25) is 0 Å². The van der Waals surface area contributed by atoms with Crippen molar-refractivity contribution in [3.63, 3.8) is 0 Å². The van der Waals surface area contributed by atoms with E-state index in [1.54, 1.807) is 10.9 Å². The van der Waals surface area contributed by atoms with E-state index in [9.17, 15) is 4.79 Å². The van der Waals surface area contributed by atoms with Gasteiger partial charge in [0.05, 0.1) is 17.4 Å². The Morgan fingerprint density at radius 2 is 2.06 bits per heavy atom. The van der Waals surface area contributed by atoms with E-state index in [1.165, 1.54) is 0 Å². The van der Waals surface area contributed by atoms with Crippen molar-refractivity contribution in [2.45, 2.75) is 13.5 Å². The molecule has 4 heteroatoms. The second-order valence-electron chi connectivity index (χ2n) is 4.30. The van der Waals surface area contributed by atoms with Gasteiger partial charge in [-0.1, -0.05) is 18.2 Å². The van der Waals surface area contributed by atoms with E-state index in [2.05, 4.69) is 10.1 Å². The lowest BCUT2D eigenvalue weighted by Crippen LogP contribution is -2.17. The number of para-hydroxylation sites is 1. The molecule has 0 aliphatic carbocycles. The van der Waals surface area contributed by atoms with Crippen molar-refractivity contribution >= 4 is 10.9 Å². The van der Waals surface area contributed by atoms with Crippen molar-refractivity contribution in [2.75, 3.05) is 0 Å². The number of hydrogen-bond acceptors (Lipinski definition) is 2. The SMILES string of the molecule is Cc1ncccc1Cn1[nH]c2ccccc2c1=O. The fourth-order valence-corrected chi connectivity index (χ4v) is 2.08. The Hall–Kier alpha value is -2.36. The maximum atomic E-state index is 12.2. The highest BCUT2D eigenvalue weighted by atomic mass is 16.1. The summed E-state index contributed by atoms with van der Waals surface area (Å²) in [7, 11) is 0. The molecular weight excluding hydrogens is 226 g/mol. The summed E-state index contributed by atoms with van der Waals surface area (Å²) in [4.78, 5) is 16.4. The lowest BCUT2D eigenvalue weighted by atomic mass is 10.2. The Morgan fingerprint density at radius 1 is 1.22 bits per heavy atom. The molecule has 90 valence electrons. The highest BCUT2D eigenvalue weighted by Gasteiger charge is 2.07. The second-order valence-corrected chi connectivity index (χ2v) is 4.30. The first kappa shape index (κ1) is 10.8. The number of rotatable bonds is 2. The fourth-order valence-electron chi connectivity index (χ4n) is 2.08. The van der Waals surface area contributed by atoms with Gasteiger partial charge >= 0.3 is 0 Å². The first-order chi connectivity index (χ1) is 8.75. The number of benzene rings is 1. The predicted octanol–water partition coefficient (Wildman–Crippen LogP) is 2.08. The number of aromatic amines is 1. The molecule has 2 aromatic heterocycles. The number of hydrogen-bond donors (Lipinski definition) is 1. The van der Waals surface area contributed by atoms with Crippen molar-refractivity contribution < 1.29 is 0 Å². The van der Waals surface area contributed by atoms with Crippen molar-refractivity contribution in [2.24, 2.45) is 0 Å². The molecule has 3 aromatic rings. The lowest BCUT2D eigenvalue weighted by Gasteiger charge is -2.04. The molecule has 0 aliphatic rings. The highest BCUT2D eigenvalue weighted by molar-refractivity contribution is 5.77. The Balaban J connectivity index is 2.09. The van der Waals surface area contributed by atoms with Crippen LogP contribution in [0.1, 0.15) is 11.3 Å².